The van der Waals surface area contributed by atoms with Gasteiger partial charge < -0.3 is 5.32 Å². The molecule has 0 spiro atoms. The monoisotopic (exact) mass is 131 g/mol. The average molecular weight is 131 g/mol. The second kappa shape index (κ2) is 3.16. The molecule has 0 aliphatic heterocycles. The van der Waals surface area contributed by atoms with Gasteiger partial charge in [-0.05, 0) is 19.8 Å². The normalized spacial score (nSPS) is 23.3. The Bertz CT molecular complexity index is 79.0. The summed E-state index contributed by atoms with van der Waals surface area (Å²) in [5, 5.41) is 3.14. The van der Waals surface area contributed by atoms with Crippen molar-refractivity contribution < 1.29 is 4.39 Å². The maximum atomic E-state index is 12.2. The zero-order valence-electron chi connectivity index (χ0n) is 5.86. The van der Waals surface area contributed by atoms with Gasteiger partial charge in [-0.25, -0.2) is 4.39 Å². The van der Waals surface area contributed by atoms with Crippen LogP contribution in [-0.2, 0) is 0 Å². The summed E-state index contributed by atoms with van der Waals surface area (Å²) < 4.78 is 12.2. The van der Waals surface area contributed by atoms with Crippen LogP contribution in [0.25, 0.3) is 0 Å². The first kappa shape index (κ1) is 7.00. The summed E-state index contributed by atoms with van der Waals surface area (Å²) in [6, 6.07) is 0.628. The van der Waals surface area contributed by atoms with Crippen LogP contribution in [0.2, 0.25) is 0 Å². The first-order valence-corrected chi connectivity index (χ1v) is 3.66. The van der Waals surface area contributed by atoms with Crippen LogP contribution in [0.3, 0.4) is 0 Å². The van der Waals surface area contributed by atoms with Crippen LogP contribution in [0.4, 0.5) is 4.39 Å². The van der Waals surface area contributed by atoms with E-state index in [9.17, 15) is 4.39 Å². The van der Waals surface area contributed by atoms with Gasteiger partial charge >= 0.3 is 0 Å². The highest BCUT2D eigenvalue weighted by Crippen LogP contribution is 2.17. The average Bonchev–Trinajstić information content (AvgIpc) is 1.60. The molecule has 1 aliphatic rings. The van der Waals surface area contributed by atoms with E-state index in [-0.39, 0.29) is 0 Å². The minimum atomic E-state index is -0.689. The number of nitrogens with one attached hydrogen (secondary N) is 1. The maximum absolute atomic E-state index is 12.2. The number of hydrogen-bond acceptors (Lipinski definition) is 1. The van der Waals surface area contributed by atoms with Crippen molar-refractivity contribution in [2.45, 2.75) is 38.4 Å². The quantitative estimate of drug-likeness (QED) is 0.612. The zero-order chi connectivity index (χ0) is 6.69. The van der Waals surface area contributed by atoms with Crippen molar-refractivity contribution in [1.82, 2.24) is 5.32 Å². The van der Waals surface area contributed by atoms with E-state index >= 15 is 0 Å². The molecule has 1 fully saturated rings. The van der Waals surface area contributed by atoms with Crippen molar-refractivity contribution in [3.05, 3.63) is 0 Å². The third-order valence-electron chi connectivity index (χ3n) is 1.79. The largest absolute Gasteiger partial charge is 0.311 e. The van der Waals surface area contributed by atoms with Crippen molar-refractivity contribution in [3.8, 4) is 0 Å². The van der Waals surface area contributed by atoms with E-state index in [0.717, 1.165) is 0 Å². The molecule has 1 atom stereocenters. The lowest BCUT2D eigenvalue weighted by atomic mass is 9.93. The third-order valence-corrected chi connectivity index (χ3v) is 1.79. The number of halogens is 1. The standard InChI is InChI=1S/C7H14FN/c1-6(8)5-9-7-3-2-4-7/h6-7,9H,2-5H2,1H3. The molecular weight excluding hydrogens is 117 g/mol. The first-order valence-electron chi connectivity index (χ1n) is 3.66. The van der Waals surface area contributed by atoms with Crippen LogP contribution >= 0.6 is 0 Å². The van der Waals surface area contributed by atoms with E-state index in [4.69, 9.17) is 0 Å². The minimum absolute atomic E-state index is 0.532. The molecule has 0 aromatic heterocycles. The van der Waals surface area contributed by atoms with Gasteiger partial charge in [0.15, 0.2) is 0 Å². The fourth-order valence-electron chi connectivity index (χ4n) is 0.941. The van der Waals surface area contributed by atoms with Gasteiger partial charge in [0.25, 0.3) is 0 Å². The highest BCUT2D eigenvalue weighted by Gasteiger charge is 2.16. The Morgan fingerprint density at radius 2 is 2.33 bits per heavy atom. The van der Waals surface area contributed by atoms with Crippen LogP contribution in [0.5, 0.6) is 0 Å². The molecule has 0 amide bonds. The van der Waals surface area contributed by atoms with E-state index in [1.54, 1.807) is 6.92 Å². The second-order valence-corrected chi connectivity index (χ2v) is 2.82. The van der Waals surface area contributed by atoms with Gasteiger partial charge in [-0.2, -0.15) is 0 Å². The summed E-state index contributed by atoms with van der Waals surface area (Å²) in [5.74, 6) is 0. The van der Waals surface area contributed by atoms with Gasteiger partial charge in [0.1, 0.15) is 6.17 Å². The lowest BCUT2D eigenvalue weighted by Crippen LogP contribution is -2.38. The van der Waals surface area contributed by atoms with Crippen molar-refractivity contribution in [2.75, 3.05) is 6.54 Å². The number of alkyl halides is 1. The van der Waals surface area contributed by atoms with Crippen LogP contribution in [0.1, 0.15) is 26.2 Å². The molecule has 1 unspecified atom stereocenters. The molecule has 0 aromatic rings. The molecule has 0 bridgehead atoms. The molecule has 1 nitrogen and oxygen atoms in total. The Morgan fingerprint density at radius 3 is 2.67 bits per heavy atom. The van der Waals surface area contributed by atoms with E-state index in [1.807, 2.05) is 0 Å². The van der Waals surface area contributed by atoms with Gasteiger partial charge in [-0.15, -0.1) is 0 Å². The van der Waals surface area contributed by atoms with Crippen molar-refractivity contribution >= 4 is 0 Å². The predicted molar refractivity (Wildman–Crippen MR) is 36.2 cm³/mol. The van der Waals surface area contributed by atoms with Crippen LogP contribution in [0, 0.1) is 0 Å². The van der Waals surface area contributed by atoms with E-state index in [2.05, 4.69) is 5.32 Å². The molecule has 2 heteroatoms. The Labute approximate surface area is 55.6 Å². The molecule has 1 N–H and O–H groups in total. The summed E-state index contributed by atoms with van der Waals surface area (Å²) in [4.78, 5) is 0. The highest BCUT2D eigenvalue weighted by molar-refractivity contribution is 4.76. The molecule has 0 aromatic carbocycles. The van der Waals surface area contributed by atoms with Crippen LogP contribution < -0.4 is 5.32 Å². The summed E-state index contributed by atoms with van der Waals surface area (Å²) in [6.45, 7) is 2.12. The summed E-state index contributed by atoms with van der Waals surface area (Å²) in [6.07, 6.45) is 3.11. The predicted octanol–water partition coefficient (Wildman–Crippen LogP) is 1.49. The third kappa shape index (κ3) is 2.31. The molecule has 0 heterocycles. The van der Waals surface area contributed by atoms with E-state index in [1.165, 1.54) is 19.3 Å². The van der Waals surface area contributed by atoms with Crippen LogP contribution in [-0.4, -0.2) is 18.8 Å². The molecule has 1 rings (SSSR count). The van der Waals surface area contributed by atoms with Crippen LogP contribution in [0.15, 0.2) is 0 Å². The molecule has 0 radical (unpaired) electrons. The molecule has 54 valence electrons. The fourth-order valence-corrected chi connectivity index (χ4v) is 0.941. The van der Waals surface area contributed by atoms with Gasteiger partial charge in [0, 0.05) is 12.6 Å². The molecule has 9 heavy (non-hydrogen) atoms. The molecule has 0 saturated heterocycles. The lowest BCUT2D eigenvalue weighted by Gasteiger charge is -2.26. The summed E-state index contributed by atoms with van der Waals surface area (Å²) in [5.41, 5.74) is 0. The topological polar surface area (TPSA) is 12.0 Å². The lowest BCUT2D eigenvalue weighted by molar-refractivity contribution is 0.282. The summed E-state index contributed by atoms with van der Waals surface area (Å²) in [7, 11) is 0. The van der Waals surface area contributed by atoms with Crippen molar-refractivity contribution in [1.29, 1.82) is 0 Å². The molecule has 1 aliphatic carbocycles. The Balaban J connectivity index is 1.91. The molecular formula is C7H14FN. The van der Waals surface area contributed by atoms with E-state index < -0.39 is 6.17 Å². The fraction of sp³-hybridized carbons (Fsp3) is 1.00. The minimum Gasteiger partial charge on any atom is -0.311 e. The second-order valence-electron chi connectivity index (χ2n) is 2.82. The number of rotatable bonds is 3. The van der Waals surface area contributed by atoms with Gasteiger partial charge in [0.05, 0.1) is 0 Å². The van der Waals surface area contributed by atoms with Crippen molar-refractivity contribution in [2.24, 2.45) is 0 Å². The smallest absolute Gasteiger partial charge is 0.110 e. The Morgan fingerprint density at radius 1 is 1.67 bits per heavy atom. The van der Waals surface area contributed by atoms with Gasteiger partial charge in [-0.1, -0.05) is 6.42 Å². The highest BCUT2D eigenvalue weighted by atomic mass is 19.1. The number of hydrogen-bond donors (Lipinski definition) is 1. The zero-order valence-corrected chi connectivity index (χ0v) is 5.86. The maximum Gasteiger partial charge on any atom is 0.110 e. The van der Waals surface area contributed by atoms with Crippen molar-refractivity contribution in [3.63, 3.8) is 0 Å². The molecule has 1 saturated carbocycles. The van der Waals surface area contributed by atoms with Gasteiger partial charge in [-0.3, -0.25) is 0 Å². The van der Waals surface area contributed by atoms with Gasteiger partial charge in [0.2, 0.25) is 0 Å². The van der Waals surface area contributed by atoms with E-state index in [0.29, 0.717) is 12.6 Å². The Kier molecular flexibility index (Phi) is 2.46. The summed E-state index contributed by atoms with van der Waals surface area (Å²) >= 11 is 0. The SMILES string of the molecule is CC(F)CNC1CCC1. The Hall–Kier alpha value is -0.110. The first-order chi connectivity index (χ1) is 4.29.